The minimum atomic E-state index is -1.53. The van der Waals surface area contributed by atoms with Crippen LogP contribution in [0.3, 0.4) is 0 Å². The molecule has 0 saturated carbocycles. The summed E-state index contributed by atoms with van der Waals surface area (Å²) in [6.45, 7) is 5.18. The zero-order valence-corrected chi connectivity index (χ0v) is 21.3. The minimum absolute atomic E-state index is 0. The Kier molecular flexibility index (Phi) is 9.51. The summed E-state index contributed by atoms with van der Waals surface area (Å²) in [6, 6.07) is 18.9. The number of benzene rings is 2. The summed E-state index contributed by atoms with van der Waals surface area (Å²) in [5, 5.41) is 16.3. The van der Waals surface area contributed by atoms with Gasteiger partial charge >= 0.3 is 26.2 Å². The summed E-state index contributed by atoms with van der Waals surface area (Å²) >= 11 is 0. The predicted octanol–water partition coefficient (Wildman–Crippen LogP) is 0.0609. The van der Waals surface area contributed by atoms with Gasteiger partial charge in [-0.15, -0.1) is 33.7 Å². The first-order valence-electron chi connectivity index (χ1n) is 9.20. The van der Waals surface area contributed by atoms with Crippen molar-refractivity contribution >= 4 is 35.2 Å². The topological polar surface area (TPSA) is 20.2 Å². The Balaban J connectivity index is 0.00000131. The Labute approximate surface area is 200 Å². The molecule has 0 heterocycles. The van der Waals surface area contributed by atoms with Crippen molar-refractivity contribution in [2.45, 2.75) is 32.0 Å². The molecule has 0 fully saturated rings. The fourth-order valence-electron chi connectivity index (χ4n) is 4.29. The van der Waals surface area contributed by atoms with Gasteiger partial charge in [0.1, 0.15) is 0 Å². The number of rotatable bonds is 5. The standard InChI is InChI=1S/C23H25OSi.2ClH.Zr/c1-25(2,15-7-14-24)23-13-6-12-21(23)20-11-5-10-19-18-9-4-3-8-17(18)16-22(19)20;;;/h3-6,8-11,13,16,24H,7,12,14-15H2,1-2H3;2*1H;/q-1;;;+3/p-2. The van der Waals surface area contributed by atoms with Crippen LogP contribution in [0, 0.1) is 0 Å². The third-order valence-electron chi connectivity index (χ3n) is 5.60. The third-order valence-corrected chi connectivity index (χ3v) is 9.13. The fourth-order valence-corrected chi connectivity index (χ4v) is 7.23. The number of hydrogen-bond donors (Lipinski definition) is 1. The summed E-state index contributed by atoms with van der Waals surface area (Å²) in [6.07, 6.45) is 6.63. The smallest absolute Gasteiger partial charge is 1.00 e. The van der Waals surface area contributed by atoms with Gasteiger partial charge in [-0.25, -0.2) is 0 Å². The van der Waals surface area contributed by atoms with E-state index < -0.39 is 8.07 Å². The maximum absolute atomic E-state index is 9.27. The molecule has 5 heteroatoms. The molecule has 3 aromatic rings. The SMILES string of the molecule is C[Si](C)(CCCO)C1=C(c2cccc3c2[cH-]c2ccccc23)CC=C1.[Cl-].[Cl-].[Zr+3]. The van der Waals surface area contributed by atoms with Gasteiger partial charge in [0.05, 0.1) is 8.07 Å². The summed E-state index contributed by atoms with van der Waals surface area (Å²) in [5.41, 5.74) is 2.91. The molecular weight excluding hydrogens is 482 g/mol. The Hall–Kier alpha value is -0.570. The number of allylic oxidation sites excluding steroid dienone is 4. The summed E-state index contributed by atoms with van der Waals surface area (Å²) in [4.78, 5) is 0. The molecule has 1 radical (unpaired) electrons. The summed E-state index contributed by atoms with van der Waals surface area (Å²) in [5.74, 6) is 0. The van der Waals surface area contributed by atoms with Crippen LogP contribution < -0.4 is 24.8 Å². The molecular formula is C23H25Cl2OSiZr. The molecule has 1 aliphatic rings. The van der Waals surface area contributed by atoms with Crippen LogP contribution >= 0.6 is 0 Å². The largest absolute Gasteiger partial charge is 3.00 e. The minimum Gasteiger partial charge on any atom is -1.00 e. The second-order valence-corrected chi connectivity index (χ2v) is 12.5. The Morgan fingerprint density at radius 3 is 2.46 bits per heavy atom. The van der Waals surface area contributed by atoms with Gasteiger partial charge in [-0.2, -0.15) is 0 Å². The van der Waals surface area contributed by atoms with Gasteiger partial charge in [-0.1, -0.05) is 84.0 Å². The maximum atomic E-state index is 9.27. The molecule has 28 heavy (non-hydrogen) atoms. The molecule has 0 unspecified atom stereocenters. The van der Waals surface area contributed by atoms with Gasteiger partial charge in [0, 0.05) is 6.61 Å². The fraction of sp³-hybridized carbons (Fsp3) is 0.261. The van der Waals surface area contributed by atoms with E-state index in [2.05, 4.69) is 73.8 Å². The molecule has 0 aromatic heterocycles. The maximum Gasteiger partial charge on any atom is 3.00 e. The van der Waals surface area contributed by atoms with E-state index in [0.717, 1.165) is 18.9 Å². The quantitative estimate of drug-likeness (QED) is 0.383. The van der Waals surface area contributed by atoms with Crippen LogP contribution in [0.25, 0.3) is 27.1 Å². The van der Waals surface area contributed by atoms with Gasteiger partial charge in [-0.05, 0) is 12.8 Å². The molecule has 0 amide bonds. The van der Waals surface area contributed by atoms with Gasteiger partial charge in [0.15, 0.2) is 0 Å². The van der Waals surface area contributed by atoms with Crippen molar-refractivity contribution in [1.29, 1.82) is 0 Å². The van der Waals surface area contributed by atoms with E-state index in [0.29, 0.717) is 6.61 Å². The van der Waals surface area contributed by atoms with Crippen molar-refractivity contribution in [2.24, 2.45) is 0 Å². The van der Waals surface area contributed by atoms with Crippen molar-refractivity contribution in [3.63, 3.8) is 0 Å². The van der Waals surface area contributed by atoms with Crippen LogP contribution in [0.4, 0.5) is 0 Å². The number of aliphatic hydroxyl groups is 1. The number of fused-ring (bicyclic) bond motifs is 3. The molecule has 0 spiro atoms. The van der Waals surface area contributed by atoms with Gasteiger partial charge in [0.25, 0.3) is 0 Å². The van der Waals surface area contributed by atoms with Crippen LogP contribution in [0.5, 0.6) is 0 Å². The molecule has 0 atom stereocenters. The monoisotopic (exact) mass is 505 g/mol. The first kappa shape index (κ1) is 25.5. The van der Waals surface area contributed by atoms with Crippen LogP contribution in [-0.2, 0) is 26.2 Å². The molecule has 0 saturated heterocycles. The van der Waals surface area contributed by atoms with E-state index in [1.807, 2.05) is 0 Å². The Bertz CT molecular complexity index is 1000. The predicted molar refractivity (Wildman–Crippen MR) is 112 cm³/mol. The van der Waals surface area contributed by atoms with E-state index in [9.17, 15) is 5.11 Å². The van der Waals surface area contributed by atoms with E-state index in [4.69, 9.17) is 0 Å². The molecule has 1 aliphatic carbocycles. The van der Waals surface area contributed by atoms with Crippen LogP contribution in [0.15, 0.2) is 65.9 Å². The van der Waals surface area contributed by atoms with Crippen molar-refractivity contribution in [3.05, 3.63) is 71.4 Å². The zero-order chi connectivity index (χ0) is 17.4. The Morgan fingerprint density at radius 1 is 1.00 bits per heavy atom. The summed E-state index contributed by atoms with van der Waals surface area (Å²) < 4.78 is 0. The second-order valence-electron chi connectivity index (χ2n) is 7.71. The van der Waals surface area contributed by atoms with E-state index in [1.54, 1.807) is 5.20 Å². The average Bonchev–Trinajstić information content (AvgIpc) is 3.25. The van der Waals surface area contributed by atoms with Gasteiger partial charge < -0.3 is 29.9 Å². The van der Waals surface area contributed by atoms with E-state index in [1.165, 1.54) is 32.7 Å². The number of halogens is 2. The normalized spacial score (nSPS) is 13.4. The first-order valence-corrected chi connectivity index (χ1v) is 12.4. The molecule has 4 rings (SSSR count). The Morgan fingerprint density at radius 2 is 1.71 bits per heavy atom. The zero-order valence-electron chi connectivity index (χ0n) is 16.3. The first-order chi connectivity index (χ1) is 12.1. The average molecular weight is 508 g/mol. The van der Waals surface area contributed by atoms with Crippen molar-refractivity contribution in [1.82, 2.24) is 0 Å². The molecule has 3 aromatic carbocycles. The molecule has 1 nitrogen and oxygen atoms in total. The van der Waals surface area contributed by atoms with Crippen molar-refractivity contribution in [2.75, 3.05) is 6.61 Å². The van der Waals surface area contributed by atoms with Crippen LogP contribution in [0.1, 0.15) is 18.4 Å². The second kappa shape index (κ2) is 10.5. The van der Waals surface area contributed by atoms with E-state index in [-0.39, 0.29) is 51.0 Å². The number of aliphatic hydroxyl groups excluding tert-OH is 1. The van der Waals surface area contributed by atoms with Gasteiger partial charge in [0.2, 0.25) is 0 Å². The molecule has 1 N–H and O–H groups in total. The van der Waals surface area contributed by atoms with Crippen LogP contribution in [0.2, 0.25) is 19.1 Å². The van der Waals surface area contributed by atoms with Crippen molar-refractivity contribution < 1.29 is 56.1 Å². The molecule has 0 aliphatic heterocycles. The van der Waals surface area contributed by atoms with Crippen LogP contribution in [-0.4, -0.2) is 19.8 Å². The van der Waals surface area contributed by atoms with E-state index >= 15 is 0 Å². The molecule has 145 valence electrons. The number of hydrogen-bond acceptors (Lipinski definition) is 1. The van der Waals surface area contributed by atoms with Crippen molar-refractivity contribution in [3.8, 4) is 0 Å². The molecule has 0 bridgehead atoms. The third kappa shape index (κ3) is 4.60. The van der Waals surface area contributed by atoms with Gasteiger partial charge in [-0.3, -0.25) is 0 Å². The summed E-state index contributed by atoms with van der Waals surface area (Å²) in [7, 11) is -1.53.